The second kappa shape index (κ2) is 10.1. The summed E-state index contributed by atoms with van der Waals surface area (Å²) < 4.78 is 12.8. The Morgan fingerprint density at radius 1 is 0.968 bits per heavy atom. The van der Waals surface area contributed by atoms with Crippen molar-refractivity contribution >= 4 is 5.91 Å². The molecule has 1 aromatic heterocycles. The van der Waals surface area contributed by atoms with E-state index in [0.717, 1.165) is 36.7 Å². The minimum absolute atomic E-state index is 0.0495. The number of aromatic nitrogens is 2. The summed E-state index contributed by atoms with van der Waals surface area (Å²) >= 11 is 0. The zero-order valence-electron chi connectivity index (χ0n) is 17.8. The van der Waals surface area contributed by atoms with E-state index < -0.39 is 0 Å². The minimum atomic E-state index is 0.0495. The highest BCUT2D eigenvalue weighted by molar-refractivity contribution is 5.93. The fraction of sp³-hybridized carbons (Fsp3) is 0.333. The van der Waals surface area contributed by atoms with Crippen LogP contribution < -0.4 is 9.47 Å². The number of rotatable bonds is 8. The maximum atomic E-state index is 12.8. The van der Waals surface area contributed by atoms with Gasteiger partial charge in [0, 0.05) is 38.9 Å². The van der Waals surface area contributed by atoms with Gasteiger partial charge in [-0.25, -0.2) is 0 Å². The quantitative estimate of drug-likeness (QED) is 0.561. The lowest BCUT2D eigenvalue weighted by molar-refractivity contribution is 0.0620. The number of hydrogen-bond donors (Lipinski definition) is 0. The van der Waals surface area contributed by atoms with Crippen molar-refractivity contribution < 1.29 is 14.3 Å². The molecule has 0 spiro atoms. The molecule has 2 heterocycles. The zero-order chi connectivity index (χ0) is 21.5. The molecule has 1 aliphatic rings. The van der Waals surface area contributed by atoms with Crippen LogP contribution in [0, 0.1) is 0 Å². The van der Waals surface area contributed by atoms with Gasteiger partial charge in [-0.1, -0.05) is 30.3 Å². The molecule has 2 aromatic carbocycles. The second-order valence-corrected chi connectivity index (χ2v) is 7.57. The average Bonchev–Trinajstić information content (AvgIpc) is 3.28. The van der Waals surface area contributed by atoms with Gasteiger partial charge in [0.25, 0.3) is 5.91 Å². The van der Waals surface area contributed by atoms with Crippen molar-refractivity contribution in [2.24, 2.45) is 0 Å². The van der Waals surface area contributed by atoms with Crippen LogP contribution in [0.15, 0.2) is 67.0 Å². The van der Waals surface area contributed by atoms with Crippen molar-refractivity contribution in [1.29, 1.82) is 0 Å². The van der Waals surface area contributed by atoms with Gasteiger partial charge in [-0.2, -0.15) is 5.10 Å². The topological polar surface area (TPSA) is 59.8 Å². The smallest absolute Gasteiger partial charge is 0.257 e. The number of piperazine rings is 1. The van der Waals surface area contributed by atoms with Crippen molar-refractivity contribution in [3.8, 4) is 11.5 Å². The van der Waals surface area contributed by atoms with Gasteiger partial charge in [0.1, 0.15) is 18.1 Å². The standard InChI is InChI=1S/C24H28N4O3/c1-30-22-7-9-23(10-8-22)31-16-15-26-11-13-27(14-12-26)24(29)21-17-25-28(19-21)18-20-5-3-2-4-6-20/h2-10,17,19H,11-16,18H2,1H3. The average molecular weight is 421 g/mol. The molecule has 0 radical (unpaired) electrons. The van der Waals surface area contributed by atoms with Crippen molar-refractivity contribution in [3.05, 3.63) is 78.1 Å². The van der Waals surface area contributed by atoms with E-state index in [1.54, 1.807) is 13.3 Å². The molecule has 1 aliphatic heterocycles. The number of methoxy groups -OCH3 is 1. The van der Waals surface area contributed by atoms with E-state index in [0.29, 0.717) is 31.8 Å². The van der Waals surface area contributed by atoms with Gasteiger partial charge in [-0.3, -0.25) is 14.4 Å². The highest BCUT2D eigenvalue weighted by Crippen LogP contribution is 2.17. The molecule has 0 bridgehead atoms. The van der Waals surface area contributed by atoms with Crippen LogP contribution in [0.1, 0.15) is 15.9 Å². The van der Waals surface area contributed by atoms with Crippen LogP contribution in [0.3, 0.4) is 0 Å². The largest absolute Gasteiger partial charge is 0.497 e. The van der Waals surface area contributed by atoms with Crippen molar-refractivity contribution in [2.75, 3.05) is 46.4 Å². The number of ether oxygens (including phenoxy) is 2. The second-order valence-electron chi connectivity index (χ2n) is 7.57. The van der Waals surface area contributed by atoms with E-state index in [2.05, 4.69) is 22.1 Å². The highest BCUT2D eigenvalue weighted by atomic mass is 16.5. The van der Waals surface area contributed by atoms with Crippen LogP contribution in [0.4, 0.5) is 0 Å². The zero-order valence-corrected chi connectivity index (χ0v) is 17.8. The third-order valence-electron chi connectivity index (χ3n) is 5.46. The van der Waals surface area contributed by atoms with Gasteiger partial charge in [0.2, 0.25) is 0 Å². The molecule has 3 aromatic rings. The number of hydrogen-bond acceptors (Lipinski definition) is 5. The molecule has 1 saturated heterocycles. The molecule has 0 saturated carbocycles. The van der Waals surface area contributed by atoms with Gasteiger partial charge in [-0.15, -0.1) is 0 Å². The summed E-state index contributed by atoms with van der Waals surface area (Å²) in [6, 6.07) is 17.7. The molecule has 7 nitrogen and oxygen atoms in total. The maximum absolute atomic E-state index is 12.8. The Balaban J connectivity index is 1.21. The lowest BCUT2D eigenvalue weighted by Gasteiger charge is -2.34. The van der Waals surface area contributed by atoms with E-state index in [1.807, 2.05) is 58.2 Å². The van der Waals surface area contributed by atoms with Crippen molar-refractivity contribution in [1.82, 2.24) is 19.6 Å². The summed E-state index contributed by atoms with van der Waals surface area (Å²) in [6.07, 6.45) is 3.50. The van der Waals surface area contributed by atoms with E-state index in [-0.39, 0.29) is 5.91 Å². The summed E-state index contributed by atoms with van der Waals surface area (Å²) in [5.41, 5.74) is 1.81. The van der Waals surface area contributed by atoms with Gasteiger partial charge in [-0.05, 0) is 29.8 Å². The predicted molar refractivity (Wildman–Crippen MR) is 119 cm³/mol. The Morgan fingerprint density at radius 2 is 1.68 bits per heavy atom. The fourth-order valence-corrected chi connectivity index (χ4v) is 3.65. The molecule has 0 N–H and O–H groups in total. The summed E-state index contributed by atoms with van der Waals surface area (Å²) in [6.45, 7) is 5.23. The lowest BCUT2D eigenvalue weighted by Crippen LogP contribution is -2.49. The molecule has 162 valence electrons. The Labute approximate surface area is 182 Å². The Hall–Kier alpha value is -3.32. The van der Waals surface area contributed by atoms with E-state index in [1.165, 1.54) is 0 Å². The first-order chi connectivity index (χ1) is 15.2. The van der Waals surface area contributed by atoms with Gasteiger partial charge in [0.15, 0.2) is 0 Å². The Kier molecular flexibility index (Phi) is 6.84. The monoisotopic (exact) mass is 420 g/mol. The molecule has 31 heavy (non-hydrogen) atoms. The van der Waals surface area contributed by atoms with Crippen molar-refractivity contribution in [2.45, 2.75) is 6.54 Å². The third-order valence-corrected chi connectivity index (χ3v) is 5.46. The number of nitrogens with zero attached hydrogens (tertiary/aromatic N) is 4. The predicted octanol–water partition coefficient (Wildman–Crippen LogP) is 2.78. The molecule has 1 fully saturated rings. The molecule has 1 amide bonds. The van der Waals surface area contributed by atoms with Crippen LogP contribution in [0.25, 0.3) is 0 Å². The molecular formula is C24H28N4O3. The molecule has 0 unspecified atom stereocenters. The number of benzene rings is 2. The summed E-state index contributed by atoms with van der Waals surface area (Å²) in [5, 5.41) is 4.36. The van der Waals surface area contributed by atoms with Crippen molar-refractivity contribution in [3.63, 3.8) is 0 Å². The first kappa shape index (κ1) is 20.9. The number of carbonyl (C=O) groups excluding carboxylic acids is 1. The molecular weight excluding hydrogens is 392 g/mol. The van der Waals surface area contributed by atoms with E-state index in [4.69, 9.17) is 9.47 Å². The molecule has 0 atom stereocenters. The first-order valence-corrected chi connectivity index (χ1v) is 10.6. The number of carbonyl (C=O) groups is 1. The normalized spacial score (nSPS) is 14.4. The van der Waals surface area contributed by atoms with E-state index >= 15 is 0 Å². The van der Waals surface area contributed by atoms with Crippen LogP contribution in [0.5, 0.6) is 11.5 Å². The summed E-state index contributed by atoms with van der Waals surface area (Å²) in [7, 11) is 1.65. The molecule has 4 rings (SSSR count). The SMILES string of the molecule is COc1ccc(OCCN2CCN(C(=O)c3cnn(Cc4ccccc4)c3)CC2)cc1. The van der Waals surface area contributed by atoms with Gasteiger partial charge >= 0.3 is 0 Å². The molecule has 0 aliphatic carbocycles. The molecule has 7 heteroatoms. The van der Waals surface area contributed by atoms with Crippen LogP contribution in [-0.4, -0.2) is 71.9 Å². The number of amides is 1. The first-order valence-electron chi connectivity index (χ1n) is 10.6. The van der Waals surface area contributed by atoms with Crippen LogP contribution in [0.2, 0.25) is 0 Å². The van der Waals surface area contributed by atoms with Gasteiger partial charge < -0.3 is 14.4 Å². The minimum Gasteiger partial charge on any atom is -0.497 e. The highest BCUT2D eigenvalue weighted by Gasteiger charge is 2.23. The maximum Gasteiger partial charge on any atom is 0.257 e. The van der Waals surface area contributed by atoms with Gasteiger partial charge in [0.05, 0.1) is 25.4 Å². The van der Waals surface area contributed by atoms with Crippen LogP contribution >= 0.6 is 0 Å². The fourth-order valence-electron chi connectivity index (χ4n) is 3.65. The lowest BCUT2D eigenvalue weighted by atomic mass is 10.2. The third kappa shape index (κ3) is 5.64. The Bertz CT molecular complexity index is 964. The van der Waals surface area contributed by atoms with E-state index in [9.17, 15) is 4.79 Å². The summed E-state index contributed by atoms with van der Waals surface area (Å²) in [4.78, 5) is 17.1. The summed E-state index contributed by atoms with van der Waals surface area (Å²) in [5.74, 6) is 1.70. The Morgan fingerprint density at radius 3 is 2.39 bits per heavy atom. The van der Waals surface area contributed by atoms with Crippen LogP contribution in [-0.2, 0) is 6.54 Å².